The summed E-state index contributed by atoms with van der Waals surface area (Å²) in [6.07, 6.45) is -5.08. The number of ether oxygens (including phenoxy) is 2. The van der Waals surface area contributed by atoms with E-state index < -0.39 is 30.3 Å². The second-order valence-corrected chi connectivity index (χ2v) is 11.3. The number of carbonyl (C=O) groups is 2. The van der Waals surface area contributed by atoms with Crippen LogP contribution in [0.1, 0.15) is 53.9 Å². The lowest BCUT2D eigenvalue weighted by Crippen LogP contribution is -2.50. The van der Waals surface area contributed by atoms with Crippen LogP contribution in [0, 0.1) is 0 Å². The highest BCUT2D eigenvalue weighted by Crippen LogP contribution is 2.39. The van der Waals surface area contributed by atoms with E-state index in [1.165, 1.54) is 11.8 Å². The number of hydrogen-bond acceptors (Lipinski definition) is 9. The van der Waals surface area contributed by atoms with Crippen molar-refractivity contribution in [3.63, 3.8) is 0 Å². The van der Waals surface area contributed by atoms with E-state index in [1.54, 1.807) is 23.9 Å². The van der Waals surface area contributed by atoms with Crippen LogP contribution in [0.15, 0.2) is 53.7 Å². The molecule has 0 bridgehead atoms. The monoisotopic (exact) mass is 620 g/mol. The minimum absolute atomic E-state index is 0.0556. The highest BCUT2D eigenvalue weighted by atomic mass is 32.2. The Bertz CT molecular complexity index is 1410. The van der Waals surface area contributed by atoms with Gasteiger partial charge in [0, 0.05) is 37.9 Å². The number of aliphatic hydroxyl groups excluding tert-OH is 1. The van der Waals surface area contributed by atoms with Crippen molar-refractivity contribution in [3.05, 3.63) is 70.8 Å². The number of aliphatic hydroxyl groups is 1. The lowest BCUT2D eigenvalue weighted by molar-refractivity contribution is -0.245. The summed E-state index contributed by atoms with van der Waals surface area (Å²) >= 11 is 1.47. The van der Waals surface area contributed by atoms with E-state index in [0.29, 0.717) is 28.7 Å². The van der Waals surface area contributed by atoms with Gasteiger partial charge in [0.05, 0.1) is 18.8 Å². The maximum atomic E-state index is 12.9. The van der Waals surface area contributed by atoms with Gasteiger partial charge in [-0.2, -0.15) is 13.2 Å². The van der Waals surface area contributed by atoms with Crippen molar-refractivity contribution < 1.29 is 37.3 Å². The number of halogens is 3. The fourth-order valence-electron chi connectivity index (χ4n) is 5.08. The van der Waals surface area contributed by atoms with Gasteiger partial charge in [-0.3, -0.25) is 9.59 Å². The molecule has 3 aromatic rings. The van der Waals surface area contributed by atoms with Crippen LogP contribution in [0.3, 0.4) is 0 Å². The molecule has 2 aromatic carbocycles. The fourth-order valence-corrected chi connectivity index (χ4v) is 5.95. The zero-order chi connectivity index (χ0) is 30.6. The van der Waals surface area contributed by atoms with Gasteiger partial charge in [-0.25, -0.2) is 4.68 Å². The molecule has 43 heavy (non-hydrogen) atoms. The Morgan fingerprint density at radius 1 is 1.07 bits per heavy atom. The van der Waals surface area contributed by atoms with Crippen LogP contribution in [0.4, 0.5) is 13.2 Å². The summed E-state index contributed by atoms with van der Waals surface area (Å²) in [7, 11) is 1.76. The Balaban J connectivity index is 1.24. The second-order valence-electron chi connectivity index (χ2n) is 10.4. The molecule has 15 heteroatoms. The highest BCUT2D eigenvalue weighted by molar-refractivity contribution is 7.99. The first-order valence-corrected chi connectivity index (χ1v) is 14.7. The van der Waals surface area contributed by atoms with Crippen LogP contribution in [-0.2, 0) is 39.3 Å². The molecule has 2 saturated heterocycles. The maximum Gasteiger partial charge on any atom is 0.471 e. The van der Waals surface area contributed by atoms with Gasteiger partial charge < -0.3 is 24.8 Å². The predicted molar refractivity (Wildman–Crippen MR) is 147 cm³/mol. The molecule has 2 aliphatic rings. The molecule has 3 heterocycles. The lowest BCUT2D eigenvalue weighted by atomic mass is 10.0. The average molecular weight is 621 g/mol. The first kappa shape index (κ1) is 30.9. The zero-order valence-electron chi connectivity index (χ0n) is 23.2. The number of aryl methyl sites for hydroxylation is 1. The number of nitrogens with zero attached hydrogens (tertiary/aromatic N) is 5. The van der Waals surface area contributed by atoms with E-state index in [1.807, 2.05) is 36.4 Å². The quantitative estimate of drug-likeness (QED) is 0.346. The zero-order valence-corrected chi connectivity index (χ0v) is 24.1. The van der Waals surface area contributed by atoms with Gasteiger partial charge in [0.15, 0.2) is 6.29 Å². The van der Waals surface area contributed by atoms with Gasteiger partial charge in [0.1, 0.15) is 6.04 Å². The molecule has 2 fully saturated rings. The Morgan fingerprint density at radius 2 is 1.77 bits per heavy atom. The molecule has 2 aliphatic heterocycles. The summed E-state index contributed by atoms with van der Waals surface area (Å²) in [6, 6.07) is 13.6. The van der Waals surface area contributed by atoms with E-state index in [4.69, 9.17) is 9.47 Å². The highest BCUT2D eigenvalue weighted by Gasteiger charge is 2.47. The van der Waals surface area contributed by atoms with Gasteiger partial charge in [0.25, 0.3) is 0 Å². The Labute approximate surface area is 249 Å². The molecular weight excluding hydrogens is 589 g/mol. The Kier molecular flexibility index (Phi) is 9.64. The Hall–Kier alpha value is -3.53. The molecule has 2 N–H and O–H groups in total. The number of carbonyl (C=O) groups excluding carboxylic acids is 2. The molecule has 0 radical (unpaired) electrons. The molecule has 0 aliphatic carbocycles. The minimum atomic E-state index is -5.02. The molecule has 2 amide bonds. The topological polar surface area (TPSA) is 132 Å². The van der Waals surface area contributed by atoms with Crippen molar-refractivity contribution >= 4 is 23.6 Å². The number of hydrogen-bond donors (Lipinski definition) is 2. The first-order chi connectivity index (χ1) is 20.6. The summed E-state index contributed by atoms with van der Waals surface area (Å²) < 4.78 is 53.0. The number of likely N-dealkylation sites (tertiary alicyclic amines) is 1. The van der Waals surface area contributed by atoms with Crippen LogP contribution in [0.2, 0.25) is 0 Å². The number of aromatic nitrogens is 4. The van der Waals surface area contributed by atoms with Crippen molar-refractivity contribution in [2.75, 3.05) is 12.3 Å². The van der Waals surface area contributed by atoms with Gasteiger partial charge in [-0.05, 0) is 40.0 Å². The summed E-state index contributed by atoms with van der Waals surface area (Å²) in [4.78, 5) is 24.9. The van der Waals surface area contributed by atoms with Gasteiger partial charge >= 0.3 is 12.1 Å². The molecule has 0 unspecified atom stereocenters. The third-order valence-corrected chi connectivity index (χ3v) is 8.51. The number of thioether (sulfide) groups is 1. The van der Waals surface area contributed by atoms with E-state index in [2.05, 4.69) is 20.8 Å². The summed E-state index contributed by atoms with van der Waals surface area (Å²) in [6.45, 7) is -0.0745. The predicted octanol–water partition coefficient (Wildman–Crippen LogP) is 3.21. The SMILES string of the molecule is Cn1nnnc1SC[C@H]1C[C@@H](c2ccc(CO)cc2)O[C@@H](c2ccc(CNC(=O)[C@@H]3CCCN3C(=O)C(F)(F)F)cc2)O1. The van der Waals surface area contributed by atoms with Crippen molar-refractivity contribution in [3.8, 4) is 0 Å². The number of alkyl halides is 3. The lowest BCUT2D eigenvalue weighted by Gasteiger charge is -2.36. The molecule has 5 rings (SSSR count). The molecule has 1 aromatic heterocycles. The minimum Gasteiger partial charge on any atom is -0.392 e. The first-order valence-electron chi connectivity index (χ1n) is 13.7. The van der Waals surface area contributed by atoms with E-state index in [-0.39, 0.29) is 38.3 Å². The number of nitrogens with one attached hydrogen (secondary N) is 1. The van der Waals surface area contributed by atoms with Gasteiger partial charge in [-0.15, -0.1) is 5.10 Å². The third kappa shape index (κ3) is 7.52. The average Bonchev–Trinajstić information content (AvgIpc) is 3.67. The standard InChI is InChI=1S/C28H31F3N6O5S/c1-36-27(33-34-35-36)43-16-21-13-23(19-8-6-18(15-38)7-9-19)42-25(41-21)20-10-4-17(5-11-20)14-32-24(39)22-3-2-12-37(22)26(40)28(29,30)31/h4-11,21-23,25,38H,2-3,12-16H2,1H3,(H,32,39)/t21-,22+,23+,25+/m1/s1. The van der Waals surface area contributed by atoms with Crippen LogP contribution >= 0.6 is 11.8 Å². The summed E-state index contributed by atoms with van der Waals surface area (Å²) in [5.74, 6) is -2.03. The van der Waals surface area contributed by atoms with Crippen LogP contribution in [0.5, 0.6) is 0 Å². The molecular formula is C28H31F3N6O5S. The third-order valence-electron chi connectivity index (χ3n) is 7.37. The normalized spacial score (nSPS) is 22.5. The van der Waals surface area contributed by atoms with Crippen LogP contribution < -0.4 is 5.32 Å². The van der Waals surface area contributed by atoms with Crippen molar-refractivity contribution in [2.24, 2.45) is 7.05 Å². The summed E-state index contributed by atoms with van der Waals surface area (Å²) in [5, 5.41) is 24.3. The van der Waals surface area contributed by atoms with Gasteiger partial charge in [0.2, 0.25) is 11.1 Å². The Morgan fingerprint density at radius 3 is 2.42 bits per heavy atom. The maximum absolute atomic E-state index is 12.9. The largest absolute Gasteiger partial charge is 0.471 e. The van der Waals surface area contributed by atoms with Crippen molar-refractivity contribution in [1.29, 1.82) is 0 Å². The number of rotatable bonds is 9. The molecule has 4 atom stereocenters. The summed E-state index contributed by atoms with van der Waals surface area (Å²) in [5.41, 5.74) is 3.21. The van der Waals surface area contributed by atoms with E-state index in [0.717, 1.165) is 22.3 Å². The van der Waals surface area contributed by atoms with Crippen LogP contribution in [0.25, 0.3) is 0 Å². The number of benzene rings is 2. The van der Waals surface area contributed by atoms with Crippen LogP contribution in [-0.4, -0.2) is 72.6 Å². The van der Waals surface area contributed by atoms with Gasteiger partial charge in [-0.1, -0.05) is 60.3 Å². The number of amides is 2. The number of tetrazole rings is 1. The second kappa shape index (κ2) is 13.4. The van der Waals surface area contributed by atoms with E-state index >= 15 is 0 Å². The molecule has 0 spiro atoms. The van der Waals surface area contributed by atoms with Crippen molar-refractivity contribution in [1.82, 2.24) is 30.4 Å². The van der Waals surface area contributed by atoms with Crippen molar-refractivity contribution in [2.45, 2.75) is 68.3 Å². The molecule has 11 nitrogen and oxygen atoms in total. The van der Waals surface area contributed by atoms with E-state index in [9.17, 15) is 27.9 Å². The smallest absolute Gasteiger partial charge is 0.392 e. The fraction of sp³-hybridized carbons (Fsp3) is 0.464. The molecule has 0 saturated carbocycles. The molecule has 230 valence electrons.